The number of benzene rings is 2. The van der Waals surface area contributed by atoms with E-state index >= 15 is 0 Å². The highest BCUT2D eigenvalue weighted by molar-refractivity contribution is 6.31. The van der Waals surface area contributed by atoms with Gasteiger partial charge < -0.3 is 14.5 Å². The van der Waals surface area contributed by atoms with Gasteiger partial charge >= 0.3 is 6.09 Å². The molecule has 0 bridgehead atoms. The minimum absolute atomic E-state index is 0.273. The molecule has 2 aromatic carbocycles. The molecular weight excluding hydrogens is 459 g/mol. The lowest BCUT2D eigenvalue weighted by molar-refractivity contribution is 0.0797. The van der Waals surface area contributed by atoms with E-state index in [2.05, 4.69) is 4.98 Å². The van der Waals surface area contributed by atoms with Gasteiger partial charge in [-0.3, -0.25) is 4.90 Å². The summed E-state index contributed by atoms with van der Waals surface area (Å²) >= 11 is 12.0. The van der Waals surface area contributed by atoms with Gasteiger partial charge in [0.2, 0.25) is 0 Å². The van der Waals surface area contributed by atoms with E-state index in [9.17, 15) is 4.79 Å². The van der Waals surface area contributed by atoms with Crippen molar-refractivity contribution in [3.63, 3.8) is 0 Å². The van der Waals surface area contributed by atoms with Crippen LogP contribution in [-0.4, -0.2) is 41.6 Å². The molecule has 0 radical (unpaired) electrons. The number of halogens is 2. The monoisotopic (exact) mass is 488 g/mol. The molecule has 5 nitrogen and oxygen atoms in total. The maximum atomic E-state index is 13.1. The number of nitrogens with zero attached hydrogens (tertiary/aromatic N) is 1. The fourth-order valence-corrected chi connectivity index (χ4v) is 4.62. The molecule has 0 fully saturated rings. The second-order valence-electron chi connectivity index (χ2n) is 8.84. The maximum absolute atomic E-state index is 13.1. The number of amides is 1. The summed E-state index contributed by atoms with van der Waals surface area (Å²) < 4.78 is 11.5. The fourth-order valence-electron chi connectivity index (χ4n) is 4.26. The van der Waals surface area contributed by atoms with Crippen molar-refractivity contribution >= 4 is 40.2 Å². The largest absolute Gasteiger partial charge is 0.494 e. The Morgan fingerprint density at radius 3 is 2.70 bits per heavy atom. The first-order chi connectivity index (χ1) is 16.0. The predicted octanol–water partition coefficient (Wildman–Crippen LogP) is 6.96. The van der Waals surface area contributed by atoms with E-state index in [1.807, 2.05) is 61.2 Å². The van der Waals surface area contributed by atoms with Crippen molar-refractivity contribution < 1.29 is 14.3 Å². The number of hydrogen-bond donors (Lipinski definition) is 1. The number of unbranched alkanes of at least 4 members (excludes halogenated alkanes) is 1. The van der Waals surface area contributed by atoms with Crippen LogP contribution < -0.4 is 4.74 Å². The summed E-state index contributed by atoms with van der Waals surface area (Å²) in [5.41, 5.74) is 4.23. The van der Waals surface area contributed by atoms with E-state index in [-0.39, 0.29) is 18.1 Å². The molecule has 0 saturated carbocycles. The van der Waals surface area contributed by atoms with Crippen molar-refractivity contribution in [3.8, 4) is 5.75 Å². The predicted molar refractivity (Wildman–Crippen MR) is 134 cm³/mol. The molecule has 4 rings (SSSR count). The van der Waals surface area contributed by atoms with Gasteiger partial charge in [-0.25, -0.2) is 4.79 Å². The van der Waals surface area contributed by atoms with Crippen molar-refractivity contribution in [1.29, 1.82) is 0 Å². The Morgan fingerprint density at radius 2 is 1.97 bits per heavy atom. The highest BCUT2D eigenvalue weighted by Gasteiger charge is 2.35. The van der Waals surface area contributed by atoms with Crippen LogP contribution in [0.25, 0.3) is 10.9 Å². The summed E-state index contributed by atoms with van der Waals surface area (Å²) in [7, 11) is 0. The molecule has 33 heavy (non-hydrogen) atoms. The number of nitrogens with one attached hydrogen (secondary N) is 1. The SMILES string of the molecule is CC(C)COC(=O)N1CCc2c([nH]c3ccc(Cl)cc23)C1c1ccc(OCCCCCl)cc1. The number of ether oxygens (including phenoxy) is 2. The van der Waals surface area contributed by atoms with Crippen LogP contribution in [0.4, 0.5) is 4.79 Å². The third-order valence-corrected chi connectivity index (χ3v) is 6.36. The Morgan fingerprint density at radius 1 is 1.18 bits per heavy atom. The Hall–Kier alpha value is -2.37. The lowest BCUT2D eigenvalue weighted by Crippen LogP contribution is -2.41. The molecule has 0 saturated heterocycles. The number of aromatic nitrogens is 1. The number of fused-ring (bicyclic) bond motifs is 3. The molecule has 1 atom stereocenters. The van der Waals surface area contributed by atoms with E-state index in [0.717, 1.165) is 47.2 Å². The van der Waals surface area contributed by atoms with E-state index in [4.69, 9.17) is 32.7 Å². The van der Waals surface area contributed by atoms with Gasteiger partial charge in [-0.2, -0.15) is 0 Å². The molecule has 1 aliphatic rings. The van der Waals surface area contributed by atoms with E-state index in [0.29, 0.717) is 30.7 Å². The quantitative estimate of drug-likeness (QED) is 0.275. The molecule has 1 aliphatic heterocycles. The molecule has 176 valence electrons. The first-order valence-electron chi connectivity index (χ1n) is 11.5. The summed E-state index contributed by atoms with van der Waals surface area (Å²) in [5, 5.41) is 1.81. The Labute approximate surface area is 205 Å². The number of carbonyl (C=O) groups is 1. The second kappa shape index (κ2) is 10.7. The Kier molecular flexibility index (Phi) is 7.71. The standard InChI is InChI=1S/C26H30Cl2N2O3/c1-17(2)16-33-26(31)30-13-11-21-22-15-19(28)7-10-23(22)29-24(21)25(30)18-5-8-20(9-6-18)32-14-4-3-12-27/h5-10,15,17,25,29H,3-4,11-14,16H2,1-2H3. The van der Waals surface area contributed by atoms with Gasteiger partial charge in [0, 0.05) is 34.0 Å². The van der Waals surface area contributed by atoms with Gasteiger partial charge in [0.15, 0.2) is 0 Å². The van der Waals surface area contributed by atoms with Crippen LogP contribution in [0.5, 0.6) is 5.75 Å². The van der Waals surface area contributed by atoms with Crippen LogP contribution in [0.3, 0.4) is 0 Å². The van der Waals surface area contributed by atoms with Gasteiger partial charge in [-0.05, 0) is 66.6 Å². The second-order valence-corrected chi connectivity index (χ2v) is 9.65. The highest BCUT2D eigenvalue weighted by Crippen LogP contribution is 2.39. The number of aromatic amines is 1. The Balaban J connectivity index is 1.66. The van der Waals surface area contributed by atoms with Gasteiger partial charge in [0.1, 0.15) is 11.8 Å². The number of rotatable bonds is 8. The molecule has 1 amide bonds. The summed E-state index contributed by atoms with van der Waals surface area (Å²) in [6.45, 7) is 5.67. The van der Waals surface area contributed by atoms with Gasteiger partial charge in [-0.1, -0.05) is 37.6 Å². The molecular formula is C26H30Cl2N2O3. The summed E-state index contributed by atoms with van der Waals surface area (Å²) in [5.74, 6) is 1.73. The molecule has 1 unspecified atom stereocenters. The average Bonchev–Trinajstić information content (AvgIpc) is 3.18. The molecule has 7 heteroatoms. The minimum atomic E-state index is -0.294. The van der Waals surface area contributed by atoms with Gasteiger partial charge in [-0.15, -0.1) is 11.6 Å². The van der Waals surface area contributed by atoms with E-state index in [1.54, 1.807) is 0 Å². The smallest absolute Gasteiger partial charge is 0.410 e. The van der Waals surface area contributed by atoms with Gasteiger partial charge in [0.05, 0.1) is 13.2 Å². The van der Waals surface area contributed by atoms with Crippen LogP contribution in [0.15, 0.2) is 42.5 Å². The van der Waals surface area contributed by atoms with Crippen LogP contribution in [0.2, 0.25) is 5.02 Å². The number of carbonyl (C=O) groups excluding carboxylic acids is 1. The molecule has 1 aromatic heterocycles. The lowest BCUT2D eigenvalue weighted by Gasteiger charge is -2.35. The topological polar surface area (TPSA) is 54.6 Å². The van der Waals surface area contributed by atoms with Crippen molar-refractivity contribution in [3.05, 3.63) is 64.3 Å². The summed E-state index contributed by atoms with van der Waals surface area (Å²) in [6, 6.07) is 13.6. The summed E-state index contributed by atoms with van der Waals surface area (Å²) in [4.78, 5) is 18.4. The number of alkyl halides is 1. The number of hydrogen-bond acceptors (Lipinski definition) is 3. The van der Waals surface area contributed by atoms with Crippen molar-refractivity contribution in [2.45, 2.75) is 39.2 Å². The molecule has 1 N–H and O–H groups in total. The van der Waals surface area contributed by atoms with Crippen LogP contribution in [0.1, 0.15) is 49.6 Å². The fraction of sp³-hybridized carbons (Fsp3) is 0.423. The first-order valence-corrected chi connectivity index (χ1v) is 12.4. The minimum Gasteiger partial charge on any atom is -0.494 e. The third kappa shape index (κ3) is 5.42. The van der Waals surface area contributed by atoms with Crippen molar-refractivity contribution in [2.24, 2.45) is 5.92 Å². The zero-order valence-electron chi connectivity index (χ0n) is 19.1. The zero-order chi connectivity index (χ0) is 23.4. The molecule has 2 heterocycles. The third-order valence-electron chi connectivity index (χ3n) is 5.86. The number of H-pyrrole nitrogens is 1. The Bertz CT molecular complexity index is 1090. The van der Waals surface area contributed by atoms with E-state index in [1.165, 1.54) is 5.56 Å². The van der Waals surface area contributed by atoms with Crippen molar-refractivity contribution in [2.75, 3.05) is 25.6 Å². The van der Waals surface area contributed by atoms with Crippen LogP contribution in [-0.2, 0) is 11.2 Å². The maximum Gasteiger partial charge on any atom is 0.410 e. The molecule has 0 aliphatic carbocycles. The lowest BCUT2D eigenvalue weighted by atomic mass is 9.92. The first kappa shape index (κ1) is 23.8. The summed E-state index contributed by atoms with van der Waals surface area (Å²) in [6.07, 6.45) is 2.30. The average molecular weight is 489 g/mol. The van der Waals surface area contributed by atoms with Crippen LogP contribution in [0, 0.1) is 5.92 Å². The molecule has 3 aromatic rings. The van der Waals surface area contributed by atoms with E-state index < -0.39 is 0 Å². The van der Waals surface area contributed by atoms with Crippen molar-refractivity contribution in [1.82, 2.24) is 9.88 Å². The molecule has 0 spiro atoms. The highest BCUT2D eigenvalue weighted by atomic mass is 35.5. The zero-order valence-corrected chi connectivity index (χ0v) is 20.6. The van der Waals surface area contributed by atoms with Crippen LogP contribution >= 0.6 is 23.2 Å². The van der Waals surface area contributed by atoms with Gasteiger partial charge in [0.25, 0.3) is 0 Å². The normalized spacial score (nSPS) is 15.7.